The molecule has 0 aliphatic heterocycles. The molecule has 4 aromatic rings. The molecule has 5 heteroatoms. The van der Waals surface area contributed by atoms with E-state index in [-0.39, 0.29) is 0 Å². The third-order valence-electron chi connectivity index (χ3n) is 6.42. The summed E-state index contributed by atoms with van der Waals surface area (Å²) in [6.07, 6.45) is 22.3. The second-order valence-corrected chi connectivity index (χ2v) is 12.9. The van der Waals surface area contributed by atoms with Crippen LogP contribution in [-0.4, -0.2) is 10.7 Å². The van der Waals surface area contributed by atoms with Crippen molar-refractivity contribution in [1.29, 1.82) is 0 Å². The van der Waals surface area contributed by atoms with Crippen LogP contribution in [0.3, 0.4) is 0 Å². The zero-order valence-electron chi connectivity index (χ0n) is 22.2. The Morgan fingerprint density at radius 1 is 0.763 bits per heavy atom. The molecule has 0 radical (unpaired) electrons. The summed E-state index contributed by atoms with van der Waals surface area (Å²) >= 11 is 5.83. The molecule has 0 aliphatic carbocycles. The fourth-order valence-electron chi connectivity index (χ4n) is 4.35. The highest BCUT2D eigenvalue weighted by atomic mass is 32.1. The van der Waals surface area contributed by atoms with Crippen LogP contribution in [0.5, 0.6) is 0 Å². The van der Waals surface area contributed by atoms with Crippen LogP contribution in [0.15, 0.2) is 78.1 Å². The Bertz CT molecular complexity index is 1350. The Morgan fingerprint density at radius 2 is 1.37 bits per heavy atom. The fourth-order valence-corrected chi connectivity index (χ4v) is 7.63. The van der Waals surface area contributed by atoms with E-state index >= 15 is 0 Å². The molecule has 0 saturated carbocycles. The second-order valence-electron chi connectivity index (χ2n) is 9.48. The first-order valence-electron chi connectivity index (χ1n) is 13.5. The number of aromatic nitrogens is 1. The molecule has 0 aromatic carbocycles. The van der Waals surface area contributed by atoms with Gasteiger partial charge in [-0.3, -0.25) is 9.98 Å². The lowest BCUT2D eigenvalue weighted by atomic mass is 10.1. The minimum atomic E-state index is 1.04. The predicted octanol–water partition coefficient (Wildman–Crippen LogP) is 10.3. The number of nitrogens with zero attached hydrogens (tertiary/aromatic N) is 2. The van der Waals surface area contributed by atoms with Crippen LogP contribution in [0.2, 0.25) is 0 Å². The van der Waals surface area contributed by atoms with Crippen molar-refractivity contribution in [2.45, 2.75) is 71.1 Å². The van der Waals surface area contributed by atoms with Gasteiger partial charge in [0.2, 0.25) is 0 Å². The Balaban J connectivity index is 1.18. The Kier molecular flexibility index (Phi) is 11.6. The summed E-state index contributed by atoms with van der Waals surface area (Å²) in [5.41, 5.74) is 2.36. The van der Waals surface area contributed by atoms with Crippen molar-refractivity contribution in [2.75, 3.05) is 0 Å². The van der Waals surface area contributed by atoms with Crippen LogP contribution in [0.25, 0.3) is 19.5 Å². The van der Waals surface area contributed by atoms with Gasteiger partial charge < -0.3 is 0 Å². The van der Waals surface area contributed by atoms with Gasteiger partial charge in [-0.2, -0.15) is 0 Å². The number of aryl methyl sites for hydroxylation is 3. The fraction of sp³-hybridized carbons (Fsp3) is 0.333. The van der Waals surface area contributed by atoms with Gasteiger partial charge in [-0.15, -0.1) is 40.4 Å². The maximum absolute atomic E-state index is 5.21. The lowest BCUT2D eigenvalue weighted by molar-refractivity contribution is 0.675. The third kappa shape index (κ3) is 9.20. The maximum Gasteiger partial charge on any atom is 0.0449 e. The highest BCUT2D eigenvalue weighted by molar-refractivity contribution is 7.26. The van der Waals surface area contributed by atoms with Crippen molar-refractivity contribution in [3.8, 4) is 31.9 Å². The summed E-state index contributed by atoms with van der Waals surface area (Å²) < 4.78 is 0. The standard InChI is InChI=1S/C33H36N2S3/c1-3-4-24-34-26(2)13-7-5-9-16-28-18-20-30(36-28)32-22-23-33(38-32)31-21-19-29(37-31)17-10-6-8-14-27-15-11-12-25-35-27/h1,4,11-12,15,18-25H,5-10,13-14,16-17H2,2H3/b24-4-,34-26?. The van der Waals surface area contributed by atoms with E-state index < -0.39 is 0 Å². The first-order valence-corrected chi connectivity index (χ1v) is 16.0. The first kappa shape index (κ1) is 28.2. The Hall–Kier alpha value is -2.78. The van der Waals surface area contributed by atoms with E-state index in [0.717, 1.165) is 25.0 Å². The molecular formula is C33H36N2S3. The molecule has 4 heterocycles. The molecule has 0 unspecified atom stereocenters. The van der Waals surface area contributed by atoms with Gasteiger partial charge in [-0.05, 0) is 107 Å². The quantitative estimate of drug-likeness (QED) is 0.0812. The molecule has 4 rings (SSSR count). The zero-order valence-corrected chi connectivity index (χ0v) is 24.6. The molecule has 0 aliphatic rings. The molecule has 4 aromatic heterocycles. The largest absolute Gasteiger partial charge is 0.265 e. The van der Waals surface area contributed by atoms with Crippen molar-refractivity contribution < 1.29 is 0 Å². The lowest BCUT2D eigenvalue weighted by Gasteiger charge is -2.00. The minimum Gasteiger partial charge on any atom is -0.265 e. The number of rotatable bonds is 15. The van der Waals surface area contributed by atoms with Gasteiger partial charge in [0.25, 0.3) is 0 Å². The number of thiophene rings is 3. The van der Waals surface area contributed by atoms with Gasteiger partial charge in [0.15, 0.2) is 0 Å². The monoisotopic (exact) mass is 556 g/mol. The van der Waals surface area contributed by atoms with E-state index in [1.807, 2.05) is 46.3 Å². The summed E-state index contributed by atoms with van der Waals surface area (Å²) in [5.74, 6) is 2.47. The summed E-state index contributed by atoms with van der Waals surface area (Å²) in [7, 11) is 0. The molecule has 0 fully saturated rings. The molecule has 196 valence electrons. The second kappa shape index (κ2) is 15.6. The van der Waals surface area contributed by atoms with Gasteiger partial charge in [0.1, 0.15) is 0 Å². The smallest absolute Gasteiger partial charge is 0.0449 e. The highest BCUT2D eigenvalue weighted by Crippen LogP contribution is 2.40. The molecule has 0 atom stereocenters. The van der Waals surface area contributed by atoms with E-state index in [9.17, 15) is 0 Å². The number of terminal acetylenes is 1. The van der Waals surface area contributed by atoms with Crippen molar-refractivity contribution in [1.82, 2.24) is 4.98 Å². The molecule has 0 spiro atoms. The number of hydrogen-bond donors (Lipinski definition) is 0. The number of hydrogen-bond acceptors (Lipinski definition) is 5. The zero-order chi connectivity index (χ0) is 26.4. The van der Waals surface area contributed by atoms with Gasteiger partial charge in [0, 0.05) is 59.1 Å². The third-order valence-corrected chi connectivity index (χ3v) is 10.2. The Labute approximate surface area is 240 Å². The molecule has 0 saturated heterocycles. The highest BCUT2D eigenvalue weighted by Gasteiger charge is 2.10. The van der Waals surface area contributed by atoms with Crippen LogP contribution in [0.1, 0.15) is 67.3 Å². The average Bonchev–Trinajstić information content (AvgIpc) is 3.70. The van der Waals surface area contributed by atoms with Crippen LogP contribution in [-0.2, 0) is 19.3 Å². The topological polar surface area (TPSA) is 25.2 Å². The number of unbranched alkanes of at least 4 members (excludes halogenated alkanes) is 4. The van der Waals surface area contributed by atoms with Crippen LogP contribution in [0, 0.1) is 12.3 Å². The maximum atomic E-state index is 5.21. The van der Waals surface area contributed by atoms with Crippen molar-refractivity contribution in [3.05, 3.63) is 88.5 Å². The van der Waals surface area contributed by atoms with Crippen molar-refractivity contribution >= 4 is 39.7 Å². The predicted molar refractivity (Wildman–Crippen MR) is 170 cm³/mol. The van der Waals surface area contributed by atoms with Gasteiger partial charge in [0.05, 0.1) is 0 Å². The average molecular weight is 557 g/mol. The number of pyridine rings is 1. The molecular weight excluding hydrogens is 521 g/mol. The van der Waals surface area contributed by atoms with Crippen molar-refractivity contribution in [3.63, 3.8) is 0 Å². The normalized spacial score (nSPS) is 11.8. The molecule has 0 N–H and O–H groups in total. The number of aliphatic imine (C=N–C) groups is 1. The molecule has 0 bridgehead atoms. The molecule has 2 nitrogen and oxygen atoms in total. The lowest BCUT2D eigenvalue weighted by Crippen LogP contribution is -1.91. The van der Waals surface area contributed by atoms with E-state index in [4.69, 9.17) is 6.42 Å². The first-order chi connectivity index (χ1) is 18.7. The van der Waals surface area contributed by atoms with Crippen molar-refractivity contribution in [2.24, 2.45) is 4.99 Å². The van der Waals surface area contributed by atoms with Crippen LogP contribution < -0.4 is 0 Å². The van der Waals surface area contributed by atoms with E-state index in [2.05, 4.69) is 71.4 Å². The van der Waals surface area contributed by atoms with E-state index in [1.54, 1.807) is 12.3 Å². The van der Waals surface area contributed by atoms with Gasteiger partial charge in [-0.25, -0.2) is 0 Å². The number of allylic oxidation sites excluding steroid dienone is 1. The summed E-state index contributed by atoms with van der Waals surface area (Å²) in [6.45, 7) is 2.07. The molecule has 38 heavy (non-hydrogen) atoms. The van der Waals surface area contributed by atoms with Gasteiger partial charge in [-0.1, -0.05) is 24.8 Å². The molecule has 0 amide bonds. The van der Waals surface area contributed by atoms with E-state index in [1.165, 1.54) is 79.9 Å². The SMILES string of the molecule is C#C/C=C\N=C(C)CCCCCc1ccc(-c2ccc(-c3ccc(CCCCCc4ccccn4)s3)s2)s1. The van der Waals surface area contributed by atoms with E-state index in [0.29, 0.717) is 0 Å². The van der Waals surface area contributed by atoms with Crippen LogP contribution >= 0.6 is 34.0 Å². The Morgan fingerprint density at radius 3 is 2.00 bits per heavy atom. The van der Waals surface area contributed by atoms with Crippen LogP contribution in [0.4, 0.5) is 0 Å². The van der Waals surface area contributed by atoms with Gasteiger partial charge >= 0.3 is 0 Å². The summed E-state index contributed by atoms with van der Waals surface area (Å²) in [6, 6.07) is 20.0. The summed E-state index contributed by atoms with van der Waals surface area (Å²) in [5, 5.41) is 0. The summed E-state index contributed by atoms with van der Waals surface area (Å²) in [4.78, 5) is 17.3. The minimum absolute atomic E-state index is 1.04.